The second-order valence-corrected chi connectivity index (χ2v) is 9.64. The number of fused-ring (bicyclic) bond motifs is 2. The normalized spacial score (nSPS) is 16.3. The lowest BCUT2D eigenvalue weighted by Gasteiger charge is -2.19. The zero-order valence-corrected chi connectivity index (χ0v) is 18.4. The van der Waals surface area contributed by atoms with E-state index in [9.17, 15) is 4.79 Å². The van der Waals surface area contributed by atoms with E-state index < -0.39 is 0 Å². The summed E-state index contributed by atoms with van der Waals surface area (Å²) in [5.41, 5.74) is 7.47. The molecule has 9 nitrogen and oxygen atoms in total. The van der Waals surface area contributed by atoms with Crippen LogP contribution in [0.2, 0.25) is 0 Å². The molecule has 156 valence electrons. The predicted octanol–water partition coefficient (Wildman–Crippen LogP) is 2.66. The maximum atomic E-state index is 12.2. The largest absolute Gasteiger partial charge is 0.368 e. The molecule has 4 aromatic rings. The Hall–Kier alpha value is -2.66. The molecule has 0 unspecified atom stereocenters. The molecule has 0 bridgehead atoms. The molecule has 5 rings (SSSR count). The van der Waals surface area contributed by atoms with Gasteiger partial charge >= 0.3 is 0 Å². The van der Waals surface area contributed by atoms with Crippen molar-refractivity contribution in [1.29, 1.82) is 0 Å². The Labute approximate surface area is 180 Å². The van der Waals surface area contributed by atoms with Crippen LogP contribution in [-0.2, 0) is 25.6 Å². The summed E-state index contributed by atoms with van der Waals surface area (Å²) in [5, 5.41) is 12.2. The molecular weight excluding hydrogens is 420 g/mol. The first-order valence-electron chi connectivity index (χ1n) is 9.90. The highest BCUT2D eigenvalue weighted by Gasteiger charge is 2.22. The molecule has 0 saturated heterocycles. The number of aromatic amines is 1. The van der Waals surface area contributed by atoms with Gasteiger partial charge in [0.1, 0.15) is 0 Å². The number of nitrogen functional groups attached to an aromatic ring is 1. The van der Waals surface area contributed by atoms with Crippen LogP contribution in [0.5, 0.6) is 0 Å². The van der Waals surface area contributed by atoms with E-state index in [1.165, 1.54) is 63.3 Å². The summed E-state index contributed by atoms with van der Waals surface area (Å²) in [6.07, 6.45) is 4.86. The second-order valence-electron chi connectivity index (χ2n) is 7.56. The van der Waals surface area contributed by atoms with Crippen LogP contribution >= 0.6 is 23.1 Å². The Bertz CT molecular complexity index is 1280. The lowest BCUT2D eigenvalue weighted by Crippen LogP contribution is -2.15. The molecule has 30 heavy (non-hydrogen) atoms. The second kappa shape index (κ2) is 7.55. The molecule has 0 amide bonds. The van der Waals surface area contributed by atoms with Gasteiger partial charge in [0.05, 0.1) is 10.6 Å². The predicted molar refractivity (Wildman–Crippen MR) is 118 cm³/mol. The summed E-state index contributed by atoms with van der Waals surface area (Å²) in [5.74, 6) is 2.59. The van der Waals surface area contributed by atoms with Crippen molar-refractivity contribution in [3.63, 3.8) is 0 Å². The van der Waals surface area contributed by atoms with Gasteiger partial charge in [-0.3, -0.25) is 9.89 Å². The van der Waals surface area contributed by atoms with Gasteiger partial charge in [-0.2, -0.15) is 9.50 Å². The SMILES string of the molecule is CC[C@H]1CCc2sc(-c3nnc(SCc4cc(=O)n5[nH]c(N)nc5n4)n3C)cc2C1. The van der Waals surface area contributed by atoms with E-state index in [1.54, 1.807) is 0 Å². The highest BCUT2D eigenvalue weighted by Crippen LogP contribution is 2.38. The Morgan fingerprint density at radius 3 is 3.03 bits per heavy atom. The quantitative estimate of drug-likeness (QED) is 0.456. The van der Waals surface area contributed by atoms with Crippen molar-refractivity contribution in [2.24, 2.45) is 13.0 Å². The number of H-pyrrole nitrogens is 1. The molecule has 11 heteroatoms. The zero-order chi connectivity index (χ0) is 20.8. The van der Waals surface area contributed by atoms with Crippen molar-refractivity contribution in [3.05, 3.63) is 38.6 Å². The van der Waals surface area contributed by atoms with Gasteiger partial charge in [-0.15, -0.1) is 21.5 Å². The van der Waals surface area contributed by atoms with E-state index in [2.05, 4.69) is 38.3 Å². The first kappa shape index (κ1) is 19.3. The molecule has 0 aromatic carbocycles. The minimum Gasteiger partial charge on any atom is -0.368 e. The Morgan fingerprint density at radius 2 is 2.20 bits per heavy atom. The maximum absolute atomic E-state index is 12.2. The summed E-state index contributed by atoms with van der Waals surface area (Å²) >= 11 is 3.33. The fourth-order valence-electron chi connectivity index (χ4n) is 3.87. The monoisotopic (exact) mass is 442 g/mol. The summed E-state index contributed by atoms with van der Waals surface area (Å²) < 4.78 is 3.24. The third-order valence-electron chi connectivity index (χ3n) is 5.57. The molecule has 0 spiro atoms. The number of nitrogens with one attached hydrogen (secondary N) is 1. The first-order chi connectivity index (χ1) is 14.5. The van der Waals surface area contributed by atoms with E-state index in [4.69, 9.17) is 5.73 Å². The van der Waals surface area contributed by atoms with Crippen LogP contribution in [0.4, 0.5) is 5.95 Å². The third-order valence-corrected chi connectivity index (χ3v) is 7.85. The van der Waals surface area contributed by atoms with Crippen molar-refractivity contribution in [2.75, 3.05) is 5.73 Å². The van der Waals surface area contributed by atoms with Crippen LogP contribution in [0, 0.1) is 5.92 Å². The molecule has 4 heterocycles. The Kier molecular flexibility index (Phi) is 4.86. The Morgan fingerprint density at radius 1 is 1.33 bits per heavy atom. The van der Waals surface area contributed by atoms with Gasteiger partial charge in [-0.05, 0) is 36.8 Å². The van der Waals surface area contributed by atoms with Gasteiger partial charge < -0.3 is 10.3 Å². The van der Waals surface area contributed by atoms with Crippen molar-refractivity contribution in [2.45, 2.75) is 43.5 Å². The number of hydrogen-bond donors (Lipinski definition) is 2. The van der Waals surface area contributed by atoms with Gasteiger partial charge in [0, 0.05) is 23.7 Å². The van der Waals surface area contributed by atoms with Gasteiger partial charge in [-0.25, -0.2) is 4.98 Å². The number of thiophene rings is 1. The minimum atomic E-state index is -0.243. The molecule has 1 aliphatic rings. The Balaban J connectivity index is 1.36. The lowest BCUT2D eigenvalue weighted by atomic mass is 9.87. The number of aromatic nitrogens is 7. The molecule has 0 fully saturated rings. The summed E-state index contributed by atoms with van der Waals surface area (Å²) in [4.78, 5) is 23.3. The molecule has 4 aromatic heterocycles. The summed E-state index contributed by atoms with van der Waals surface area (Å²) in [6, 6.07) is 3.77. The lowest BCUT2D eigenvalue weighted by molar-refractivity contribution is 0.449. The fraction of sp³-hybridized carbons (Fsp3) is 0.421. The standard InChI is InChI=1S/C19H22N8OS2/c1-3-10-4-5-13-11(6-10)7-14(30-13)16-23-24-19(26(16)2)29-9-12-8-15(28)27-18(21-12)22-17(20)25-27/h7-8,10H,3-6,9H2,1-2H3,(H3,20,21,22,25)/t10-/m0/s1. The third kappa shape index (κ3) is 3.41. The van der Waals surface area contributed by atoms with E-state index in [1.807, 2.05) is 23.0 Å². The van der Waals surface area contributed by atoms with Gasteiger partial charge in [0.25, 0.3) is 11.3 Å². The number of aryl methyl sites for hydroxylation is 1. The number of thioether (sulfide) groups is 1. The molecule has 0 saturated carbocycles. The molecule has 3 N–H and O–H groups in total. The van der Waals surface area contributed by atoms with Crippen LogP contribution in [0.15, 0.2) is 22.1 Å². The molecule has 0 radical (unpaired) electrons. The van der Waals surface area contributed by atoms with E-state index in [0.29, 0.717) is 11.4 Å². The number of anilines is 1. The van der Waals surface area contributed by atoms with E-state index in [0.717, 1.165) is 16.9 Å². The highest BCUT2D eigenvalue weighted by molar-refractivity contribution is 7.98. The number of nitrogens with zero attached hydrogens (tertiary/aromatic N) is 6. The van der Waals surface area contributed by atoms with Crippen LogP contribution < -0.4 is 11.3 Å². The average Bonchev–Trinajstić information content (AvgIpc) is 3.41. The smallest absolute Gasteiger partial charge is 0.274 e. The van der Waals surface area contributed by atoms with Gasteiger partial charge in [-0.1, -0.05) is 25.1 Å². The molecular formula is C19H22N8OS2. The zero-order valence-electron chi connectivity index (χ0n) is 16.8. The highest BCUT2D eigenvalue weighted by atomic mass is 32.2. The molecule has 0 aliphatic heterocycles. The van der Waals surface area contributed by atoms with Crippen molar-refractivity contribution in [1.82, 2.24) is 34.3 Å². The van der Waals surface area contributed by atoms with Crippen molar-refractivity contribution < 1.29 is 0 Å². The molecule has 1 aliphatic carbocycles. The number of nitrogens with two attached hydrogens (primary N) is 1. The van der Waals surface area contributed by atoms with Crippen LogP contribution in [0.1, 0.15) is 35.9 Å². The van der Waals surface area contributed by atoms with E-state index >= 15 is 0 Å². The summed E-state index contributed by atoms with van der Waals surface area (Å²) in [6.45, 7) is 2.28. The van der Waals surface area contributed by atoms with Crippen LogP contribution in [-0.4, -0.2) is 34.3 Å². The van der Waals surface area contributed by atoms with Crippen LogP contribution in [0.3, 0.4) is 0 Å². The maximum Gasteiger partial charge on any atom is 0.274 e. The number of hydrogen-bond acceptors (Lipinski definition) is 8. The summed E-state index contributed by atoms with van der Waals surface area (Å²) in [7, 11) is 1.98. The van der Waals surface area contributed by atoms with E-state index in [-0.39, 0.29) is 17.3 Å². The minimum absolute atomic E-state index is 0.159. The van der Waals surface area contributed by atoms with Gasteiger partial charge in [0.15, 0.2) is 11.0 Å². The molecule has 1 atom stereocenters. The average molecular weight is 443 g/mol. The van der Waals surface area contributed by atoms with Crippen molar-refractivity contribution in [3.8, 4) is 10.7 Å². The first-order valence-corrected chi connectivity index (χ1v) is 11.7. The number of rotatable bonds is 5. The fourth-order valence-corrected chi connectivity index (χ4v) is 5.90. The van der Waals surface area contributed by atoms with Crippen LogP contribution in [0.25, 0.3) is 16.5 Å². The van der Waals surface area contributed by atoms with Gasteiger partial charge in [0.2, 0.25) is 5.95 Å². The van der Waals surface area contributed by atoms with Crippen molar-refractivity contribution >= 4 is 34.8 Å². The topological polar surface area (TPSA) is 120 Å².